The lowest BCUT2D eigenvalue weighted by Crippen LogP contribution is -2.16. The second kappa shape index (κ2) is 9.80. The topological polar surface area (TPSA) is 71.1 Å². The van der Waals surface area contributed by atoms with Gasteiger partial charge in [-0.15, -0.1) is 0 Å². The predicted octanol–water partition coefficient (Wildman–Crippen LogP) is 7.77. The van der Waals surface area contributed by atoms with Crippen molar-refractivity contribution in [1.29, 1.82) is 0 Å². The highest BCUT2D eigenvalue weighted by Gasteiger charge is 2.23. The van der Waals surface area contributed by atoms with Crippen LogP contribution in [0.3, 0.4) is 0 Å². The first-order valence-electron chi connectivity index (χ1n) is 11.4. The zero-order valence-corrected chi connectivity index (χ0v) is 19.7. The molecule has 0 aliphatic heterocycles. The van der Waals surface area contributed by atoms with Gasteiger partial charge in [-0.2, -0.15) is 0 Å². The Balaban J connectivity index is 1.61. The summed E-state index contributed by atoms with van der Waals surface area (Å²) >= 11 is 0. The molecule has 0 aliphatic carbocycles. The number of hydrogen-bond donors (Lipinski definition) is 0. The quantitative estimate of drug-likeness (QED) is 0.149. The van der Waals surface area contributed by atoms with E-state index in [1.807, 2.05) is 50.2 Å². The van der Waals surface area contributed by atoms with Gasteiger partial charge in [0.2, 0.25) is 0 Å². The molecular weight excluding hydrogens is 456 g/mol. The molecule has 0 saturated carbocycles. The van der Waals surface area contributed by atoms with E-state index in [-0.39, 0.29) is 0 Å². The van der Waals surface area contributed by atoms with E-state index in [4.69, 9.17) is 18.9 Å². The average molecular weight is 479 g/mol. The summed E-state index contributed by atoms with van der Waals surface area (Å²) in [6, 6.07) is 28.4. The number of para-hydroxylation sites is 2. The Morgan fingerprint density at radius 3 is 1.53 bits per heavy atom. The minimum atomic E-state index is -0.872. The molecule has 0 unspecified atom stereocenters. The second-order valence-electron chi connectivity index (χ2n) is 8.17. The first-order valence-corrected chi connectivity index (χ1v) is 11.4. The van der Waals surface area contributed by atoms with Crippen LogP contribution in [0.25, 0.3) is 21.5 Å². The summed E-state index contributed by atoms with van der Waals surface area (Å²) in [6.07, 6.45) is -1.74. The highest BCUT2D eigenvalue weighted by atomic mass is 16.7. The Labute approximate surface area is 207 Å². The molecule has 5 rings (SSSR count). The van der Waals surface area contributed by atoms with Crippen LogP contribution < -0.4 is 18.9 Å². The normalized spacial score (nSPS) is 10.7. The summed E-state index contributed by atoms with van der Waals surface area (Å²) in [7, 11) is 0. The van der Waals surface area contributed by atoms with Crippen LogP contribution in [0.15, 0.2) is 97.1 Å². The van der Waals surface area contributed by atoms with Crippen LogP contribution in [0.4, 0.5) is 9.59 Å². The molecule has 0 radical (unpaired) electrons. The molecule has 0 saturated heterocycles. The number of hydrogen-bond acceptors (Lipinski definition) is 6. The number of ether oxygens (including phenoxy) is 4. The molecule has 0 amide bonds. The van der Waals surface area contributed by atoms with Crippen molar-refractivity contribution in [3.8, 4) is 23.0 Å². The lowest BCUT2D eigenvalue weighted by atomic mass is 9.95. The summed E-state index contributed by atoms with van der Waals surface area (Å²) in [5.41, 5.74) is 1.86. The predicted molar refractivity (Wildman–Crippen MR) is 137 cm³/mol. The summed E-state index contributed by atoms with van der Waals surface area (Å²) in [4.78, 5) is 25.5. The van der Waals surface area contributed by atoms with Crippen molar-refractivity contribution in [3.05, 3.63) is 108 Å². The molecule has 0 atom stereocenters. The Kier molecular flexibility index (Phi) is 6.24. The number of rotatable bonds is 4. The maximum atomic E-state index is 12.8. The molecule has 178 valence electrons. The monoisotopic (exact) mass is 478 g/mol. The van der Waals surface area contributed by atoms with Gasteiger partial charge in [-0.25, -0.2) is 9.59 Å². The zero-order chi connectivity index (χ0) is 25.1. The van der Waals surface area contributed by atoms with Gasteiger partial charge in [0.25, 0.3) is 0 Å². The van der Waals surface area contributed by atoms with Gasteiger partial charge in [0, 0.05) is 21.5 Å². The Morgan fingerprint density at radius 2 is 0.972 bits per heavy atom. The molecule has 0 N–H and O–H groups in total. The van der Waals surface area contributed by atoms with E-state index in [2.05, 4.69) is 0 Å². The van der Waals surface area contributed by atoms with E-state index in [1.54, 1.807) is 60.7 Å². The second-order valence-corrected chi connectivity index (χ2v) is 8.17. The molecule has 5 aromatic carbocycles. The van der Waals surface area contributed by atoms with Gasteiger partial charge < -0.3 is 18.9 Å². The standard InChI is InChI=1S/C30H22O6/c1-19-17-18-25-26(20(19)2)28(36-30(32)34-22-13-7-4-8-14-22)24-16-10-9-15-23(24)27(25)35-29(31)33-21-11-5-3-6-12-21/h3-18H,1-2H3. The van der Waals surface area contributed by atoms with E-state index in [1.165, 1.54) is 0 Å². The summed E-state index contributed by atoms with van der Waals surface area (Å²) in [5, 5.41) is 2.41. The van der Waals surface area contributed by atoms with Gasteiger partial charge in [0.05, 0.1) is 0 Å². The largest absolute Gasteiger partial charge is 0.519 e. The third kappa shape index (κ3) is 4.57. The highest BCUT2D eigenvalue weighted by molar-refractivity contribution is 6.13. The minimum Gasteiger partial charge on any atom is -0.395 e. The van der Waals surface area contributed by atoms with E-state index >= 15 is 0 Å². The van der Waals surface area contributed by atoms with Crippen molar-refractivity contribution in [3.63, 3.8) is 0 Å². The molecule has 0 aromatic heterocycles. The average Bonchev–Trinajstić information content (AvgIpc) is 2.89. The lowest BCUT2D eigenvalue weighted by molar-refractivity contribution is 0.151. The summed E-state index contributed by atoms with van der Waals surface area (Å²) in [5.74, 6) is 1.37. The number of fused-ring (bicyclic) bond motifs is 2. The minimum absolute atomic E-state index is 0.313. The van der Waals surface area contributed by atoms with Crippen LogP contribution >= 0.6 is 0 Å². The molecule has 0 spiro atoms. The van der Waals surface area contributed by atoms with Gasteiger partial charge in [0.1, 0.15) is 17.2 Å². The van der Waals surface area contributed by atoms with Crippen LogP contribution in [0, 0.1) is 13.8 Å². The van der Waals surface area contributed by atoms with Crippen molar-refractivity contribution in [2.24, 2.45) is 0 Å². The molecule has 0 heterocycles. The van der Waals surface area contributed by atoms with Crippen LogP contribution in [-0.2, 0) is 0 Å². The van der Waals surface area contributed by atoms with E-state index in [9.17, 15) is 9.59 Å². The SMILES string of the molecule is Cc1ccc2c(OC(=O)Oc3ccccc3)c3ccccc3c(OC(=O)Oc3ccccc3)c2c1C. The fourth-order valence-electron chi connectivity index (χ4n) is 4.05. The molecule has 6 nitrogen and oxygen atoms in total. The Hall–Kier alpha value is -4.84. The Bertz CT molecular complexity index is 1580. The third-order valence-electron chi connectivity index (χ3n) is 5.88. The fraction of sp³-hybridized carbons (Fsp3) is 0.0667. The molecule has 0 aliphatic rings. The molecular formula is C30H22O6. The van der Waals surface area contributed by atoms with Crippen molar-refractivity contribution < 1.29 is 28.5 Å². The van der Waals surface area contributed by atoms with Crippen LogP contribution in [0.5, 0.6) is 23.0 Å². The Morgan fingerprint density at radius 1 is 0.500 bits per heavy atom. The molecule has 5 aromatic rings. The zero-order valence-electron chi connectivity index (χ0n) is 19.7. The number of carbonyl (C=O) groups is 2. The number of carbonyl (C=O) groups excluding carboxylic acids is 2. The first-order chi connectivity index (χ1) is 17.5. The van der Waals surface area contributed by atoms with Crippen LogP contribution in [-0.4, -0.2) is 12.3 Å². The van der Waals surface area contributed by atoms with Gasteiger partial charge in [0.15, 0.2) is 5.75 Å². The van der Waals surface area contributed by atoms with E-state index in [0.717, 1.165) is 11.1 Å². The first kappa shape index (κ1) is 22.9. The van der Waals surface area contributed by atoms with Crippen molar-refractivity contribution in [2.45, 2.75) is 13.8 Å². The summed E-state index contributed by atoms with van der Waals surface area (Å²) < 4.78 is 22.3. The van der Waals surface area contributed by atoms with Crippen molar-refractivity contribution >= 4 is 33.9 Å². The molecule has 0 bridgehead atoms. The maximum Gasteiger partial charge on any atom is 0.519 e. The van der Waals surface area contributed by atoms with Gasteiger partial charge in [-0.1, -0.05) is 72.8 Å². The molecule has 0 fully saturated rings. The maximum absolute atomic E-state index is 12.8. The van der Waals surface area contributed by atoms with Gasteiger partial charge in [-0.3, -0.25) is 0 Å². The summed E-state index contributed by atoms with van der Waals surface area (Å²) in [6.45, 7) is 3.88. The molecule has 36 heavy (non-hydrogen) atoms. The smallest absolute Gasteiger partial charge is 0.395 e. The van der Waals surface area contributed by atoms with Crippen LogP contribution in [0.1, 0.15) is 11.1 Å². The third-order valence-corrected chi connectivity index (χ3v) is 5.88. The lowest BCUT2D eigenvalue weighted by Gasteiger charge is -2.18. The highest BCUT2D eigenvalue weighted by Crippen LogP contribution is 2.45. The van der Waals surface area contributed by atoms with Crippen molar-refractivity contribution in [1.82, 2.24) is 0 Å². The van der Waals surface area contributed by atoms with E-state index in [0.29, 0.717) is 44.5 Å². The van der Waals surface area contributed by atoms with Crippen LogP contribution in [0.2, 0.25) is 0 Å². The van der Waals surface area contributed by atoms with Crippen molar-refractivity contribution in [2.75, 3.05) is 0 Å². The number of benzene rings is 5. The van der Waals surface area contributed by atoms with Gasteiger partial charge >= 0.3 is 12.3 Å². The fourth-order valence-corrected chi connectivity index (χ4v) is 4.05. The number of aryl methyl sites for hydroxylation is 2. The molecule has 6 heteroatoms. The van der Waals surface area contributed by atoms with Gasteiger partial charge in [-0.05, 0) is 49.2 Å². The van der Waals surface area contributed by atoms with E-state index < -0.39 is 12.3 Å².